The molecule has 0 radical (unpaired) electrons. The van der Waals surface area contributed by atoms with Crippen molar-refractivity contribution in [2.45, 2.75) is 31.0 Å². The van der Waals surface area contributed by atoms with Gasteiger partial charge in [-0.25, -0.2) is 9.97 Å². The summed E-state index contributed by atoms with van der Waals surface area (Å²) in [4.78, 5) is 19.2. The summed E-state index contributed by atoms with van der Waals surface area (Å²) in [6.07, 6.45) is 4.38. The van der Waals surface area contributed by atoms with Crippen LogP contribution in [-0.2, 0) is 6.42 Å². The van der Waals surface area contributed by atoms with Gasteiger partial charge in [0.2, 0.25) is 0 Å². The van der Waals surface area contributed by atoms with E-state index in [9.17, 15) is 10.1 Å². The highest BCUT2D eigenvalue weighted by Gasteiger charge is 2.13. The third kappa shape index (κ3) is 3.26. The zero-order valence-electron chi connectivity index (χ0n) is 10.5. The lowest BCUT2D eigenvalue weighted by atomic mass is 10.1. The number of fused-ring (bicyclic) bond motifs is 1. The fraction of sp³-hybridized carbons (Fsp3) is 0.385. The summed E-state index contributed by atoms with van der Waals surface area (Å²) in [6.45, 7) is 2.12. The van der Waals surface area contributed by atoms with Crippen LogP contribution in [-0.4, -0.2) is 19.7 Å². The van der Waals surface area contributed by atoms with Crippen LogP contribution in [0.4, 0.5) is 5.69 Å². The first-order valence-corrected chi connectivity index (χ1v) is 7.05. The van der Waals surface area contributed by atoms with Crippen LogP contribution >= 0.6 is 15.9 Å². The molecule has 0 fully saturated rings. The lowest BCUT2D eigenvalue weighted by molar-refractivity contribution is -0.384. The van der Waals surface area contributed by atoms with Crippen molar-refractivity contribution in [2.24, 2.45) is 0 Å². The number of aromatic nitrogens is 2. The zero-order chi connectivity index (χ0) is 13.8. The van der Waals surface area contributed by atoms with Crippen LogP contribution in [0, 0.1) is 10.1 Å². The third-order valence-corrected chi connectivity index (χ3v) is 3.71. The van der Waals surface area contributed by atoms with E-state index in [-0.39, 0.29) is 5.69 Å². The van der Waals surface area contributed by atoms with Crippen molar-refractivity contribution in [2.75, 3.05) is 0 Å². The molecule has 0 aliphatic heterocycles. The Morgan fingerprint density at radius 3 is 2.89 bits per heavy atom. The number of benzene rings is 1. The SMILES string of the molecule is CCCC(Br)Cc1ncnc2ccc([N+](=O)[O-])cc12. The van der Waals surface area contributed by atoms with Gasteiger partial charge in [0.05, 0.1) is 16.1 Å². The van der Waals surface area contributed by atoms with Gasteiger partial charge in [-0.05, 0) is 12.5 Å². The van der Waals surface area contributed by atoms with E-state index in [1.54, 1.807) is 12.1 Å². The number of halogens is 1. The molecular weight excluding hydrogens is 310 g/mol. The largest absolute Gasteiger partial charge is 0.270 e. The van der Waals surface area contributed by atoms with Gasteiger partial charge in [0.15, 0.2) is 0 Å². The van der Waals surface area contributed by atoms with E-state index in [0.717, 1.165) is 35.9 Å². The van der Waals surface area contributed by atoms with E-state index in [1.807, 2.05) is 0 Å². The van der Waals surface area contributed by atoms with Gasteiger partial charge in [0.1, 0.15) is 6.33 Å². The molecule has 0 saturated carbocycles. The first-order chi connectivity index (χ1) is 9.11. The van der Waals surface area contributed by atoms with Gasteiger partial charge in [-0.2, -0.15) is 0 Å². The number of nitro benzene ring substituents is 1. The van der Waals surface area contributed by atoms with Crippen LogP contribution < -0.4 is 0 Å². The smallest absolute Gasteiger partial charge is 0.258 e. The Morgan fingerprint density at radius 2 is 2.21 bits per heavy atom. The van der Waals surface area contributed by atoms with Crippen molar-refractivity contribution in [1.29, 1.82) is 0 Å². The molecule has 1 atom stereocenters. The molecule has 1 aromatic carbocycles. The Kier molecular flexibility index (Phi) is 4.42. The lowest BCUT2D eigenvalue weighted by Crippen LogP contribution is -2.05. The molecule has 0 N–H and O–H groups in total. The Labute approximate surface area is 119 Å². The maximum absolute atomic E-state index is 10.8. The number of rotatable bonds is 5. The molecule has 19 heavy (non-hydrogen) atoms. The molecule has 0 saturated heterocycles. The normalized spacial score (nSPS) is 12.5. The second kappa shape index (κ2) is 6.06. The van der Waals surface area contributed by atoms with Crippen LogP contribution in [0.3, 0.4) is 0 Å². The van der Waals surface area contributed by atoms with Gasteiger partial charge < -0.3 is 0 Å². The summed E-state index contributed by atoms with van der Waals surface area (Å²) in [7, 11) is 0. The monoisotopic (exact) mass is 323 g/mol. The first kappa shape index (κ1) is 13.9. The standard InChI is InChI=1S/C13H14BrN3O2/c1-2-3-9(14)6-13-11-7-10(17(18)19)4-5-12(11)15-8-16-13/h4-5,7-9H,2-3,6H2,1H3. The van der Waals surface area contributed by atoms with Crippen LogP contribution in [0.15, 0.2) is 24.5 Å². The highest BCUT2D eigenvalue weighted by atomic mass is 79.9. The Bertz CT molecular complexity index is 603. The molecule has 0 aliphatic rings. The van der Waals surface area contributed by atoms with Gasteiger partial charge >= 0.3 is 0 Å². The summed E-state index contributed by atoms with van der Waals surface area (Å²) in [5.74, 6) is 0. The number of nitro groups is 1. The van der Waals surface area contributed by atoms with Crippen LogP contribution in [0.1, 0.15) is 25.5 Å². The fourth-order valence-electron chi connectivity index (χ4n) is 2.00. The predicted octanol–water partition coefficient (Wildman–Crippen LogP) is 3.64. The number of non-ortho nitro benzene ring substituents is 1. The highest BCUT2D eigenvalue weighted by Crippen LogP contribution is 2.24. The van der Waals surface area contributed by atoms with E-state index in [0.29, 0.717) is 4.83 Å². The Balaban J connectivity index is 2.42. The van der Waals surface area contributed by atoms with E-state index >= 15 is 0 Å². The number of hydrogen-bond donors (Lipinski definition) is 0. The quantitative estimate of drug-likeness (QED) is 0.478. The number of hydrogen-bond acceptors (Lipinski definition) is 4. The summed E-state index contributed by atoms with van der Waals surface area (Å²) >= 11 is 3.61. The van der Waals surface area contributed by atoms with E-state index < -0.39 is 4.92 Å². The molecule has 0 bridgehead atoms. The number of nitrogens with zero attached hydrogens (tertiary/aromatic N) is 3. The van der Waals surface area contributed by atoms with Gasteiger partial charge in [0.25, 0.3) is 5.69 Å². The van der Waals surface area contributed by atoms with Crippen molar-refractivity contribution in [3.05, 3.63) is 40.3 Å². The van der Waals surface area contributed by atoms with Crippen LogP contribution in [0.2, 0.25) is 0 Å². The van der Waals surface area contributed by atoms with E-state index in [4.69, 9.17) is 0 Å². The van der Waals surface area contributed by atoms with E-state index in [1.165, 1.54) is 12.4 Å². The summed E-state index contributed by atoms with van der Waals surface area (Å²) < 4.78 is 0. The topological polar surface area (TPSA) is 68.9 Å². The lowest BCUT2D eigenvalue weighted by Gasteiger charge is -2.09. The second-order valence-electron chi connectivity index (χ2n) is 4.37. The minimum Gasteiger partial charge on any atom is -0.258 e. The van der Waals surface area contributed by atoms with Crippen LogP contribution in [0.5, 0.6) is 0 Å². The van der Waals surface area contributed by atoms with Crippen molar-refractivity contribution in [3.63, 3.8) is 0 Å². The minimum atomic E-state index is -0.395. The zero-order valence-corrected chi connectivity index (χ0v) is 12.1. The van der Waals surface area contributed by atoms with Crippen LogP contribution in [0.25, 0.3) is 10.9 Å². The third-order valence-electron chi connectivity index (χ3n) is 2.93. The van der Waals surface area contributed by atoms with E-state index in [2.05, 4.69) is 32.8 Å². The molecule has 6 heteroatoms. The first-order valence-electron chi connectivity index (χ1n) is 6.14. The summed E-state index contributed by atoms with van der Waals surface area (Å²) in [5, 5.41) is 11.6. The molecule has 2 rings (SSSR count). The van der Waals surface area contributed by atoms with Gasteiger partial charge in [-0.15, -0.1) is 0 Å². The average molecular weight is 324 g/mol. The van der Waals surface area contributed by atoms with Crippen molar-refractivity contribution in [3.8, 4) is 0 Å². The maximum Gasteiger partial charge on any atom is 0.270 e. The van der Waals surface area contributed by atoms with Gasteiger partial charge in [-0.3, -0.25) is 10.1 Å². The molecule has 0 amide bonds. The Morgan fingerprint density at radius 1 is 1.42 bits per heavy atom. The molecule has 1 unspecified atom stereocenters. The molecule has 100 valence electrons. The number of alkyl halides is 1. The molecular formula is C13H14BrN3O2. The maximum atomic E-state index is 10.8. The Hall–Kier alpha value is -1.56. The second-order valence-corrected chi connectivity index (χ2v) is 5.66. The van der Waals surface area contributed by atoms with Crippen molar-refractivity contribution in [1.82, 2.24) is 9.97 Å². The molecule has 1 aromatic heterocycles. The molecule has 5 nitrogen and oxygen atoms in total. The van der Waals surface area contributed by atoms with Crippen molar-refractivity contribution >= 4 is 32.5 Å². The predicted molar refractivity (Wildman–Crippen MR) is 77.5 cm³/mol. The fourth-order valence-corrected chi connectivity index (χ4v) is 2.76. The molecule has 1 heterocycles. The molecule has 0 aliphatic carbocycles. The molecule has 2 aromatic rings. The molecule has 0 spiro atoms. The summed E-state index contributed by atoms with van der Waals surface area (Å²) in [6, 6.07) is 4.69. The minimum absolute atomic E-state index is 0.0742. The summed E-state index contributed by atoms with van der Waals surface area (Å²) in [5.41, 5.74) is 1.67. The highest BCUT2D eigenvalue weighted by molar-refractivity contribution is 9.09. The van der Waals surface area contributed by atoms with Crippen molar-refractivity contribution < 1.29 is 4.92 Å². The average Bonchev–Trinajstić information content (AvgIpc) is 2.38. The van der Waals surface area contributed by atoms with Gasteiger partial charge in [0, 0.05) is 28.8 Å². The van der Waals surface area contributed by atoms with Gasteiger partial charge in [-0.1, -0.05) is 29.3 Å².